The largest absolute Gasteiger partial charge is 0.443 e. The van der Waals surface area contributed by atoms with E-state index in [0.717, 1.165) is 35.9 Å². The summed E-state index contributed by atoms with van der Waals surface area (Å²) in [6.45, 7) is 0.627. The number of hydrogen-bond donors (Lipinski definition) is 2. The van der Waals surface area contributed by atoms with Crippen molar-refractivity contribution < 1.29 is 9.21 Å². The molecule has 0 radical (unpaired) electrons. The van der Waals surface area contributed by atoms with Crippen molar-refractivity contribution in [1.29, 1.82) is 0 Å². The van der Waals surface area contributed by atoms with Crippen LogP contribution in [0.25, 0.3) is 11.1 Å². The summed E-state index contributed by atoms with van der Waals surface area (Å²) in [6.07, 6.45) is 6.90. The fraction of sp³-hybridized carbons (Fsp3) is 0.467. The number of carbonyl (C=O) groups excluding carboxylic acids is 1. The minimum absolute atomic E-state index is 0.0561. The van der Waals surface area contributed by atoms with Gasteiger partial charge in [0.25, 0.3) is 0 Å². The number of amides is 2. The minimum atomic E-state index is -0.0561. The van der Waals surface area contributed by atoms with Gasteiger partial charge in [-0.2, -0.15) is 0 Å². The molecule has 2 N–H and O–H groups in total. The van der Waals surface area contributed by atoms with E-state index in [4.69, 9.17) is 4.42 Å². The molecule has 1 aliphatic carbocycles. The Morgan fingerprint density at radius 2 is 2.20 bits per heavy atom. The Morgan fingerprint density at radius 3 is 3.05 bits per heavy atom. The van der Waals surface area contributed by atoms with Crippen molar-refractivity contribution in [3.05, 3.63) is 30.2 Å². The van der Waals surface area contributed by atoms with E-state index in [9.17, 15) is 4.79 Å². The molecule has 0 aliphatic heterocycles. The predicted molar refractivity (Wildman–Crippen MR) is 76.5 cm³/mol. The van der Waals surface area contributed by atoms with Gasteiger partial charge in [0.05, 0.1) is 0 Å². The summed E-state index contributed by atoms with van der Waals surface area (Å²) >= 11 is 0. The zero-order valence-electron chi connectivity index (χ0n) is 11.4. The number of oxazole rings is 1. The number of hydrogen-bond acceptors (Lipinski definition) is 3. The van der Waals surface area contributed by atoms with Crippen molar-refractivity contribution in [1.82, 2.24) is 15.6 Å². The molecule has 0 saturated heterocycles. The van der Waals surface area contributed by atoms with Crippen LogP contribution in [0, 0.1) is 0 Å². The van der Waals surface area contributed by atoms with Crippen LogP contribution in [-0.2, 0) is 6.42 Å². The van der Waals surface area contributed by atoms with Gasteiger partial charge in [-0.15, -0.1) is 0 Å². The van der Waals surface area contributed by atoms with Crippen LogP contribution in [0.1, 0.15) is 31.2 Å². The van der Waals surface area contributed by atoms with Crippen LogP contribution in [0.5, 0.6) is 0 Å². The number of rotatable bonds is 4. The quantitative estimate of drug-likeness (QED) is 0.899. The summed E-state index contributed by atoms with van der Waals surface area (Å²) < 4.78 is 5.20. The van der Waals surface area contributed by atoms with Gasteiger partial charge in [-0.25, -0.2) is 9.78 Å². The molecule has 0 spiro atoms. The summed E-state index contributed by atoms with van der Waals surface area (Å²) in [5, 5.41) is 5.92. The van der Waals surface area contributed by atoms with Crippen LogP contribution in [0.2, 0.25) is 0 Å². The number of fused-ring (bicyclic) bond motifs is 1. The van der Waals surface area contributed by atoms with E-state index < -0.39 is 0 Å². The van der Waals surface area contributed by atoms with E-state index in [1.165, 1.54) is 19.2 Å². The van der Waals surface area contributed by atoms with Gasteiger partial charge in [-0.3, -0.25) is 0 Å². The molecule has 1 aromatic carbocycles. The Labute approximate surface area is 117 Å². The highest BCUT2D eigenvalue weighted by atomic mass is 16.3. The SMILES string of the molecule is O=C(NCCc1ccc2ocnc2c1)NC1CCCC1. The summed E-state index contributed by atoms with van der Waals surface area (Å²) in [7, 11) is 0. The molecule has 0 atom stereocenters. The monoisotopic (exact) mass is 273 g/mol. The van der Waals surface area contributed by atoms with Crippen molar-refractivity contribution >= 4 is 17.1 Å². The number of benzene rings is 1. The van der Waals surface area contributed by atoms with E-state index in [1.54, 1.807) is 0 Å². The molecule has 1 aliphatic rings. The maximum Gasteiger partial charge on any atom is 0.315 e. The molecule has 5 nitrogen and oxygen atoms in total. The molecule has 3 rings (SSSR count). The minimum Gasteiger partial charge on any atom is -0.443 e. The fourth-order valence-corrected chi connectivity index (χ4v) is 2.69. The molecule has 0 bridgehead atoms. The molecule has 1 aromatic heterocycles. The Kier molecular flexibility index (Phi) is 3.85. The van der Waals surface area contributed by atoms with Gasteiger partial charge in [0.15, 0.2) is 12.0 Å². The van der Waals surface area contributed by atoms with Crippen LogP contribution >= 0.6 is 0 Å². The third-order valence-electron chi connectivity index (χ3n) is 3.78. The number of nitrogens with zero attached hydrogens (tertiary/aromatic N) is 1. The summed E-state index contributed by atoms with van der Waals surface area (Å²) in [4.78, 5) is 15.8. The third-order valence-corrected chi connectivity index (χ3v) is 3.78. The van der Waals surface area contributed by atoms with Gasteiger partial charge >= 0.3 is 6.03 Å². The number of aromatic nitrogens is 1. The summed E-state index contributed by atoms with van der Waals surface area (Å²) in [6, 6.07) is 6.22. The van der Waals surface area contributed by atoms with Crippen LogP contribution in [0.4, 0.5) is 4.79 Å². The first-order chi connectivity index (χ1) is 9.81. The van der Waals surface area contributed by atoms with Crippen LogP contribution < -0.4 is 10.6 Å². The summed E-state index contributed by atoms with van der Waals surface area (Å²) in [5.41, 5.74) is 2.80. The average Bonchev–Trinajstić information content (AvgIpc) is 3.09. The molecule has 1 saturated carbocycles. The van der Waals surface area contributed by atoms with E-state index in [1.807, 2.05) is 18.2 Å². The van der Waals surface area contributed by atoms with E-state index in [2.05, 4.69) is 15.6 Å². The highest BCUT2D eigenvalue weighted by Gasteiger charge is 2.16. The average molecular weight is 273 g/mol. The topological polar surface area (TPSA) is 67.2 Å². The Balaban J connectivity index is 1.45. The molecule has 20 heavy (non-hydrogen) atoms. The zero-order chi connectivity index (χ0) is 13.8. The van der Waals surface area contributed by atoms with Crippen LogP contribution in [0.15, 0.2) is 29.0 Å². The van der Waals surface area contributed by atoms with E-state index in [-0.39, 0.29) is 6.03 Å². The molecule has 2 aromatic rings. The highest BCUT2D eigenvalue weighted by Crippen LogP contribution is 2.17. The van der Waals surface area contributed by atoms with Gasteiger partial charge in [0, 0.05) is 12.6 Å². The number of nitrogens with one attached hydrogen (secondary N) is 2. The van der Waals surface area contributed by atoms with E-state index in [0.29, 0.717) is 12.6 Å². The molecule has 106 valence electrons. The molecular formula is C15H19N3O2. The predicted octanol–water partition coefficient (Wildman–Crippen LogP) is 2.61. The lowest BCUT2D eigenvalue weighted by Gasteiger charge is -2.12. The normalized spacial score (nSPS) is 15.6. The standard InChI is InChI=1S/C15H19N3O2/c19-15(18-12-3-1-2-4-12)16-8-7-11-5-6-14-13(9-11)17-10-20-14/h5-6,9-10,12H,1-4,7-8H2,(H2,16,18,19). The van der Waals surface area contributed by atoms with Crippen molar-refractivity contribution in [2.45, 2.75) is 38.1 Å². The van der Waals surface area contributed by atoms with Crippen molar-refractivity contribution in [3.8, 4) is 0 Å². The van der Waals surface area contributed by atoms with Crippen molar-refractivity contribution in [2.24, 2.45) is 0 Å². The zero-order valence-corrected chi connectivity index (χ0v) is 11.4. The van der Waals surface area contributed by atoms with Gasteiger partial charge in [0.1, 0.15) is 5.52 Å². The molecule has 0 unspecified atom stereocenters. The van der Waals surface area contributed by atoms with Gasteiger partial charge in [-0.1, -0.05) is 18.9 Å². The van der Waals surface area contributed by atoms with Crippen molar-refractivity contribution in [3.63, 3.8) is 0 Å². The van der Waals surface area contributed by atoms with Crippen molar-refractivity contribution in [2.75, 3.05) is 6.54 Å². The van der Waals surface area contributed by atoms with E-state index >= 15 is 0 Å². The molecular weight excluding hydrogens is 254 g/mol. The molecule has 1 heterocycles. The second kappa shape index (κ2) is 5.94. The molecule has 1 fully saturated rings. The van der Waals surface area contributed by atoms with Gasteiger partial charge in [-0.05, 0) is 37.0 Å². The smallest absolute Gasteiger partial charge is 0.315 e. The van der Waals surface area contributed by atoms with Gasteiger partial charge < -0.3 is 15.1 Å². The Bertz CT molecular complexity index is 588. The first kappa shape index (κ1) is 13.0. The lowest BCUT2D eigenvalue weighted by atomic mass is 10.1. The first-order valence-electron chi connectivity index (χ1n) is 7.18. The fourth-order valence-electron chi connectivity index (χ4n) is 2.69. The summed E-state index contributed by atoms with van der Waals surface area (Å²) in [5.74, 6) is 0. The number of carbonyl (C=O) groups is 1. The molecule has 2 amide bonds. The lowest BCUT2D eigenvalue weighted by Crippen LogP contribution is -2.41. The second-order valence-electron chi connectivity index (χ2n) is 5.29. The highest BCUT2D eigenvalue weighted by molar-refractivity contribution is 5.74. The second-order valence-corrected chi connectivity index (χ2v) is 5.29. The Morgan fingerprint density at radius 1 is 1.35 bits per heavy atom. The number of urea groups is 1. The maximum atomic E-state index is 11.7. The first-order valence-corrected chi connectivity index (χ1v) is 7.18. The van der Waals surface area contributed by atoms with Crippen LogP contribution in [0.3, 0.4) is 0 Å². The maximum absolute atomic E-state index is 11.7. The Hall–Kier alpha value is -2.04. The van der Waals surface area contributed by atoms with Crippen LogP contribution in [-0.4, -0.2) is 23.6 Å². The lowest BCUT2D eigenvalue weighted by molar-refractivity contribution is 0.237. The van der Waals surface area contributed by atoms with Gasteiger partial charge in [0.2, 0.25) is 0 Å². The third kappa shape index (κ3) is 3.10. The molecule has 5 heteroatoms.